The first-order chi connectivity index (χ1) is 10.3. The van der Waals surface area contributed by atoms with E-state index >= 15 is 0 Å². The Morgan fingerprint density at radius 3 is 2.77 bits per heavy atom. The van der Waals surface area contributed by atoms with Crippen LogP contribution in [0.5, 0.6) is 0 Å². The predicted octanol–water partition coefficient (Wildman–Crippen LogP) is 3.41. The standard InChI is InChI=1S/C14H16F3N3O2/c1-9(2)20-8-19-11-4-3-10(5-12(11)20)6-18-13(21)22-7-14(15,16)17/h3-5,8-9H,6-7H2,1-2H3,(H,18,21). The van der Waals surface area contributed by atoms with Gasteiger partial charge < -0.3 is 14.6 Å². The maximum Gasteiger partial charge on any atom is 0.422 e. The first kappa shape index (κ1) is 16.1. The molecule has 22 heavy (non-hydrogen) atoms. The Labute approximate surface area is 125 Å². The highest BCUT2D eigenvalue weighted by atomic mass is 19.4. The van der Waals surface area contributed by atoms with Gasteiger partial charge in [-0.3, -0.25) is 0 Å². The van der Waals surface area contributed by atoms with Gasteiger partial charge in [-0.25, -0.2) is 9.78 Å². The molecule has 0 aliphatic rings. The zero-order valence-corrected chi connectivity index (χ0v) is 12.1. The molecule has 120 valence electrons. The summed E-state index contributed by atoms with van der Waals surface area (Å²) in [6, 6.07) is 5.62. The van der Waals surface area contributed by atoms with Gasteiger partial charge in [0.25, 0.3) is 0 Å². The average molecular weight is 315 g/mol. The minimum Gasteiger partial charge on any atom is -0.440 e. The van der Waals surface area contributed by atoms with Crippen molar-refractivity contribution in [3.05, 3.63) is 30.1 Å². The number of imidazole rings is 1. The van der Waals surface area contributed by atoms with Crippen molar-refractivity contribution in [3.8, 4) is 0 Å². The second kappa shape index (κ2) is 6.25. The molecule has 0 spiro atoms. The number of fused-ring (bicyclic) bond motifs is 1. The number of amides is 1. The molecular formula is C14H16F3N3O2. The first-order valence-electron chi connectivity index (χ1n) is 6.69. The Morgan fingerprint density at radius 2 is 2.14 bits per heavy atom. The van der Waals surface area contributed by atoms with E-state index in [1.807, 2.05) is 24.5 Å². The average Bonchev–Trinajstić information content (AvgIpc) is 2.85. The number of nitrogens with zero attached hydrogens (tertiary/aromatic N) is 2. The Bertz CT molecular complexity index is 665. The van der Waals surface area contributed by atoms with E-state index in [1.165, 1.54) is 0 Å². The number of halogens is 3. The first-order valence-corrected chi connectivity index (χ1v) is 6.69. The molecule has 0 saturated heterocycles. The molecule has 0 atom stereocenters. The van der Waals surface area contributed by atoms with Gasteiger partial charge in [0.1, 0.15) is 0 Å². The van der Waals surface area contributed by atoms with Crippen molar-refractivity contribution in [2.45, 2.75) is 32.6 Å². The zero-order valence-electron chi connectivity index (χ0n) is 12.1. The van der Waals surface area contributed by atoms with Crippen LogP contribution in [0.15, 0.2) is 24.5 Å². The fourth-order valence-corrected chi connectivity index (χ4v) is 1.97. The van der Waals surface area contributed by atoms with Crippen LogP contribution in [0.1, 0.15) is 25.5 Å². The molecule has 1 N–H and O–H groups in total. The van der Waals surface area contributed by atoms with Gasteiger partial charge >= 0.3 is 12.3 Å². The SMILES string of the molecule is CC(C)n1cnc2ccc(CNC(=O)OCC(F)(F)F)cc21. The molecule has 0 aliphatic carbocycles. The van der Waals surface area contributed by atoms with Crippen molar-refractivity contribution in [1.82, 2.24) is 14.9 Å². The van der Waals surface area contributed by atoms with E-state index < -0.39 is 18.9 Å². The Kier molecular flexibility index (Phi) is 4.58. The Balaban J connectivity index is 2.00. The van der Waals surface area contributed by atoms with Gasteiger partial charge in [0.05, 0.1) is 17.4 Å². The van der Waals surface area contributed by atoms with Crippen molar-refractivity contribution >= 4 is 17.1 Å². The molecular weight excluding hydrogens is 299 g/mol. The molecule has 8 heteroatoms. The third-order valence-corrected chi connectivity index (χ3v) is 3.00. The normalized spacial score (nSPS) is 11.9. The van der Waals surface area contributed by atoms with Crippen LogP contribution >= 0.6 is 0 Å². The van der Waals surface area contributed by atoms with Crippen molar-refractivity contribution in [3.63, 3.8) is 0 Å². The molecule has 0 aliphatic heterocycles. The predicted molar refractivity (Wildman–Crippen MR) is 74.4 cm³/mol. The fraction of sp³-hybridized carbons (Fsp3) is 0.429. The van der Waals surface area contributed by atoms with Crippen LogP contribution in [-0.4, -0.2) is 28.4 Å². The van der Waals surface area contributed by atoms with Crippen LogP contribution in [-0.2, 0) is 11.3 Å². The molecule has 2 aromatic rings. The van der Waals surface area contributed by atoms with Gasteiger partial charge in [-0.1, -0.05) is 6.07 Å². The summed E-state index contributed by atoms with van der Waals surface area (Å²) in [5, 5.41) is 2.29. The molecule has 0 saturated carbocycles. The van der Waals surface area contributed by atoms with Crippen LogP contribution < -0.4 is 5.32 Å². The summed E-state index contributed by atoms with van der Waals surface area (Å²) in [6.07, 6.45) is -3.90. The van der Waals surface area contributed by atoms with E-state index in [0.717, 1.165) is 16.6 Å². The summed E-state index contributed by atoms with van der Waals surface area (Å²) in [5.74, 6) is 0. The summed E-state index contributed by atoms with van der Waals surface area (Å²) >= 11 is 0. The molecule has 1 heterocycles. The molecule has 1 aromatic carbocycles. The summed E-state index contributed by atoms with van der Waals surface area (Å²) < 4.78 is 41.8. The van der Waals surface area contributed by atoms with Gasteiger partial charge in [0.2, 0.25) is 0 Å². The Hall–Kier alpha value is -2.25. The summed E-state index contributed by atoms with van der Waals surface area (Å²) in [6.45, 7) is 2.51. The lowest BCUT2D eigenvalue weighted by molar-refractivity contribution is -0.160. The van der Waals surface area contributed by atoms with Gasteiger partial charge in [0.15, 0.2) is 6.61 Å². The third-order valence-electron chi connectivity index (χ3n) is 3.00. The van der Waals surface area contributed by atoms with Crippen molar-refractivity contribution < 1.29 is 22.7 Å². The summed E-state index contributed by atoms with van der Waals surface area (Å²) in [4.78, 5) is 15.5. The van der Waals surface area contributed by atoms with E-state index in [0.29, 0.717) is 0 Å². The summed E-state index contributed by atoms with van der Waals surface area (Å²) in [5.41, 5.74) is 2.47. The van der Waals surface area contributed by atoms with E-state index in [1.54, 1.807) is 18.5 Å². The minimum atomic E-state index is -4.53. The highest BCUT2D eigenvalue weighted by molar-refractivity contribution is 5.76. The molecule has 0 radical (unpaired) electrons. The van der Waals surface area contributed by atoms with Crippen LogP contribution in [0.25, 0.3) is 11.0 Å². The number of alkyl halides is 3. The summed E-state index contributed by atoms with van der Waals surface area (Å²) in [7, 11) is 0. The number of hydrogen-bond donors (Lipinski definition) is 1. The maximum atomic E-state index is 11.9. The molecule has 0 bridgehead atoms. The largest absolute Gasteiger partial charge is 0.440 e. The zero-order chi connectivity index (χ0) is 16.3. The number of alkyl carbamates (subject to hydrolysis) is 1. The van der Waals surface area contributed by atoms with Gasteiger partial charge in [0, 0.05) is 12.6 Å². The van der Waals surface area contributed by atoms with Gasteiger partial charge in [-0.2, -0.15) is 13.2 Å². The van der Waals surface area contributed by atoms with E-state index in [4.69, 9.17) is 0 Å². The topological polar surface area (TPSA) is 56.2 Å². The fourth-order valence-electron chi connectivity index (χ4n) is 1.97. The number of rotatable bonds is 4. The van der Waals surface area contributed by atoms with Crippen molar-refractivity contribution in [2.24, 2.45) is 0 Å². The molecule has 0 fully saturated rings. The van der Waals surface area contributed by atoms with Crippen LogP contribution in [0.4, 0.5) is 18.0 Å². The van der Waals surface area contributed by atoms with E-state index in [2.05, 4.69) is 15.0 Å². The maximum absolute atomic E-state index is 11.9. The quantitative estimate of drug-likeness (QED) is 0.940. The monoisotopic (exact) mass is 315 g/mol. The lowest BCUT2D eigenvalue weighted by Crippen LogP contribution is -2.28. The lowest BCUT2D eigenvalue weighted by atomic mass is 10.2. The van der Waals surface area contributed by atoms with Crippen LogP contribution in [0.3, 0.4) is 0 Å². The van der Waals surface area contributed by atoms with E-state index in [9.17, 15) is 18.0 Å². The second-order valence-electron chi connectivity index (χ2n) is 5.11. The third kappa shape index (κ3) is 4.12. The smallest absolute Gasteiger partial charge is 0.422 e. The Morgan fingerprint density at radius 1 is 1.41 bits per heavy atom. The number of hydrogen-bond acceptors (Lipinski definition) is 3. The highest BCUT2D eigenvalue weighted by Crippen LogP contribution is 2.19. The number of carbonyl (C=O) groups is 1. The number of benzene rings is 1. The van der Waals surface area contributed by atoms with Crippen molar-refractivity contribution in [2.75, 3.05) is 6.61 Å². The molecule has 2 rings (SSSR count). The lowest BCUT2D eigenvalue weighted by Gasteiger charge is -2.10. The number of ether oxygens (including phenoxy) is 1. The number of aromatic nitrogens is 2. The highest BCUT2D eigenvalue weighted by Gasteiger charge is 2.29. The second-order valence-corrected chi connectivity index (χ2v) is 5.11. The minimum absolute atomic E-state index is 0.0793. The van der Waals surface area contributed by atoms with E-state index in [-0.39, 0.29) is 12.6 Å². The number of nitrogens with one attached hydrogen (secondary N) is 1. The van der Waals surface area contributed by atoms with Crippen LogP contribution in [0, 0.1) is 0 Å². The van der Waals surface area contributed by atoms with Crippen LogP contribution in [0.2, 0.25) is 0 Å². The van der Waals surface area contributed by atoms with Gasteiger partial charge in [-0.05, 0) is 31.5 Å². The molecule has 0 unspecified atom stereocenters. The number of carbonyl (C=O) groups excluding carboxylic acids is 1. The van der Waals surface area contributed by atoms with Crippen molar-refractivity contribution in [1.29, 1.82) is 0 Å². The molecule has 1 aromatic heterocycles. The van der Waals surface area contributed by atoms with Gasteiger partial charge in [-0.15, -0.1) is 0 Å². The molecule has 1 amide bonds. The molecule has 5 nitrogen and oxygen atoms in total.